The predicted octanol–water partition coefficient (Wildman–Crippen LogP) is 1.36. The van der Waals surface area contributed by atoms with Crippen molar-refractivity contribution in [3.63, 3.8) is 0 Å². The molecule has 2 aliphatic rings. The van der Waals surface area contributed by atoms with E-state index in [1.807, 2.05) is 0 Å². The Labute approximate surface area is 118 Å². The van der Waals surface area contributed by atoms with E-state index in [9.17, 15) is 0 Å². The van der Waals surface area contributed by atoms with Gasteiger partial charge in [-0.3, -0.25) is 14.7 Å². The molecule has 0 aromatic rings. The summed E-state index contributed by atoms with van der Waals surface area (Å²) in [4.78, 5) is 7.72. The van der Waals surface area contributed by atoms with E-state index in [-0.39, 0.29) is 0 Å². The third-order valence-corrected chi connectivity index (χ3v) is 4.24. The van der Waals surface area contributed by atoms with Crippen molar-refractivity contribution in [3.8, 4) is 11.8 Å². The highest BCUT2D eigenvalue weighted by Crippen LogP contribution is 2.18. The Balaban J connectivity index is 1.65. The average molecular weight is 263 g/mol. The summed E-state index contributed by atoms with van der Waals surface area (Å²) in [5.41, 5.74) is 0. The molecule has 0 saturated carbocycles. The van der Waals surface area contributed by atoms with Crippen molar-refractivity contribution in [1.82, 2.24) is 14.7 Å². The molecule has 0 amide bonds. The van der Waals surface area contributed by atoms with Crippen molar-refractivity contribution in [2.75, 3.05) is 45.8 Å². The van der Waals surface area contributed by atoms with Crippen LogP contribution in [0, 0.1) is 17.8 Å². The van der Waals surface area contributed by atoms with E-state index in [1.54, 1.807) is 0 Å². The van der Waals surface area contributed by atoms with Crippen LogP contribution in [0.2, 0.25) is 0 Å². The SMILES string of the molecule is CC(C)C#CCN1CCN(C2CN(C(C)C)C2)CC1. The third-order valence-electron chi connectivity index (χ3n) is 4.24. The monoisotopic (exact) mass is 263 g/mol. The first-order chi connectivity index (χ1) is 9.06. The molecule has 0 N–H and O–H groups in total. The maximum Gasteiger partial charge on any atom is 0.0602 e. The maximum atomic E-state index is 3.30. The molecule has 0 bridgehead atoms. The molecule has 2 saturated heterocycles. The van der Waals surface area contributed by atoms with Gasteiger partial charge < -0.3 is 0 Å². The molecule has 3 heteroatoms. The molecule has 0 spiro atoms. The van der Waals surface area contributed by atoms with Gasteiger partial charge in [-0.15, -0.1) is 0 Å². The Morgan fingerprint density at radius 3 is 2.16 bits per heavy atom. The molecule has 0 radical (unpaired) electrons. The Hall–Kier alpha value is -0.560. The van der Waals surface area contributed by atoms with E-state index in [0.717, 1.165) is 12.6 Å². The number of likely N-dealkylation sites (tertiary alicyclic amines) is 1. The van der Waals surface area contributed by atoms with Crippen LogP contribution < -0.4 is 0 Å². The number of nitrogens with zero attached hydrogens (tertiary/aromatic N) is 3. The smallest absolute Gasteiger partial charge is 0.0602 e. The third kappa shape index (κ3) is 4.21. The minimum atomic E-state index is 0.498. The number of piperazine rings is 1. The number of rotatable bonds is 3. The fourth-order valence-electron chi connectivity index (χ4n) is 2.79. The molecule has 2 fully saturated rings. The molecule has 3 nitrogen and oxygen atoms in total. The minimum absolute atomic E-state index is 0.498. The van der Waals surface area contributed by atoms with Crippen molar-refractivity contribution < 1.29 is 0 Å². The summed E-state index contributed by atoms with van der Waals surface area (Å²) in [7, 11) is 0. The lowest BCUT2D eigenvalue weighted by molar-refractivity contribution is -0.00745. The minimum Gasteiger partial charge on any atom is -0.298 e. The van der Waals surface area contributed by atoms with Crippen LogP contribution in [-0.4, -0.2) is 72.6 Å². The summed E-state index contributed by atoms with van der Waals surface area (Å²) in [5, 5.41) is 0. The fourth-order valence-corrected chi connectivity index (χ4v) is 2.79. The summed E-state index contributed by atoms with van der Waals surface area (Å²) in [6, 6.07) is 1.52. The van der Waals surface area contributed by atoms with Crippen LogP contribution in [0.1, 0.15) is 27.7 Å². The van der Waals surface area contributed by atoms with Gasteiger partial charge in [0.1, 0.15) is 0 Å². The maximum absolute atomic E-state index is 3.30. The van der Waals surface area contributed by atoms with Gasteiger partial charge in [-0.1, -0.05) is 25.7 Å². The molecule has 2 rings (SSSR count). The van der Waals surface area contributed by atoms with Crippen LogP contribution in [0.5, 0.6) is 0 Å². The molecule has 0 aromatic heterocycles. The lowest BCUT2D eigenvalue weighted by Gasteiger charge is -2.49. The molecule has 0 atom stereocenters. The van der Waals surface area contributed by atoms with Gasteiger partial charge >= 0.3 is 0 Å². The normalized spacial score (nSPS) is 23.5. The standard InChI is InChI=1S/C16H29N3/c1-14(2)6-5-7-17-8-10-18(11-9-17)16-12-19(13-16)15(3)4/h14-16H,7-13H2,1-4H3. The highest BCUT2D eigenvalue weighted by molar-refractivity contribution is 5.04. The number of hydrogen-bond donors (Lipinski definition) is 0. The van der Waals surface area contributed by atoms with E-state index in [2.05, 4.69) is 54.2 Å². The Kier molecular flexibility index (Phi) is 5.27. The van der Waals surface area contributed by atoms with E-state index in [1.165, 1.54) is 39.3 Å². The highest BCUT2D eigenvalue weighted by atomic mass is 15.4. The zero-order chi connectivity index (χ0) is 13.8. The number of hydrogen-bond acceptors (Lipinski definition) is 3. The van der Waals surface area contributed by atoms with Crippen LogP contribution in [0.3, 0.4) is 0 Å². The van der Waals surface area contributed by atoms with Gasteiger partial charge in [0, 0.05) is 57.3 Å². The van der Waals surface area contributed by atoms with Gasteiger partial charge in [0.05, 0.1) is 6.54 Å². The van der Waals surface area contributed by atoms with Crippen LogP contribution in [0.15, 0.2) is 0 Å². The van der Waals surface area contributed by atoms with Crippen LogP contribution in [0.4, 0.5) is 0 Å². The summed E-state index contributed by atoms with van der Waals surface area (Å²) < 4.78 is 0. The van der Waals surface area contributed by atoms with Gasteiger partial charge in [0.25, 0.3) is 0 Å². The molecule has 0 unspecified atom stereocenters. The van der Waals surface area contributed by atoms with E-state index in [4.69, 9.17) is 0 Å². The topological polar surface area (TPSA) is 9.72 Å². The lowest BCUT2D eigenvalue weighted by Crippen LogP contribution is -2.64. The summed E-state index contributed by atoms with van der Waals surface area (Å²) in [6.45, 7) is 17.2. The summed E-state index contributed by atoms with van der Waals surface area (Å²) in [5.74, 6) is 7.05. The predicted molar refractivity (Wildman–Crippen MR) is 81.1 cm³/mol. The quantitative estimate of drug-likeness (QED) is 0.712. The van der Waals surface area contributed by atoms with Gasteiger partial charge in [-0.2, -0.15) is 0 Å². The Morgan fingerprint density at radius 2 is 1.63 bits per heavy atom. The molecule has 2 heterocycles. The van der Waals surface area contributed by atoms with Gasteiger partial charge in [-0.25, -0.2) is 0 Å². The summed E-state index contributed by atoms with van der Waals surface area (Å²) in [6.07, 6.45) is 0. The Bertz CT molecular complexity index is 326. The second-order valence-corrected chi connectivity index (χ2v) is 6.49. The summed E-state index contributed by atoms with van der Waals surface area (Å²) >= 11 is 0. The van der Waals surface area contributed by atoms with Crippen LogP contribution >= 0.6 is 0 Å². The zero-order valence-corrected chi connectivity index (χ0v) is 13.0. The Morgan fingerprint density at radius 1 is 1.00 bits per heavy atom. The molecule has 108 valence electrons. The second-order valence-electron chi connectivity index (χ2n) is 6.49. The van der Waals surface area contributed by atoms with Crippen molar-refractivity contribution in [2.24, 2.45) is 5.92 Å². The van der Waals surface area contributed by atoms with Crippen molar-refractivity contribution in [2.45, 2.75) is 39.8 Å². The first kappa shape index (κ1) is 14.8. The largest absolute Gasteiger partial charge is 0.298 e. The van der Waals surface area contributed by atoms with Crippen molar-refractivity contribution in [1.29, 1.82) is 0 Å². The highest BCUT2D eigenvalue weighted by Gasteiger charge is 2.34. The van der Waals surface area contributed by atoms with Gasteiger partial charge in [-0.05, 0) is 13.8 Å². The zero-order valence-electron chi connectivity index (χ0n) is 13.0. The van der Waals surface area contributed by atoms with E-state index in [0.29, 0.717) is 12.0 Å². The first-order valence-electron chi connectivity index (χ1n) is 7.75. The molecule has 0 aliphatic carbocycles. The molecular weight excluding hydrogens is 234 g/mol. The fraction of sp³-hybridized carbons (Fsp3) is 0.875. The molecule has 19 heavy (non-hydrogen) atoms. The van der Waals surface area contributed by atoms with Crippen molar-refractivity contribution >= 4 is 0 Å². The van der Waals surface area contributed by atoms with E-state index >= 15 is 0 Å². The molecule has 2 aliphatic heterocycles. The van der Waals surface area contributed by atoms with Crippen molar-refractivity contribution in [3.05, 3.63) is 0 Å². The lowest BCUT2D eigenvalue weighted by atomic mass is 10.0. The first-order valence-corrected chi connectivity index (χ1v) is 7.75. The second kappa shape index (κ2) is 6.74. The van der Waals surface area contributed by atoms with Crippen LogP contribution in [0.25, 0.3) is 0 Å². The van der Waals surface area contributed by atoms with E-state index < -0.39 is 0 Å². The molecular formula is C16H29N3. The van der Waals surface area contributed by atoms with Gasteiger partial charge in [0.15, 0.2) is 0 Å². The van der Waals surface area contributed by atoms with Gasteiger partial charge in [0.2, 0.25) is 0 Å². The average Bonchev–Trinajstić information content (AvgIpc) is 2.28. The molecule has 0 aromatic carbocycles. The van der Waals surface area contributed by atoms with Crippen LogP contribution in [-0.2, 0) is 0 Å².